The molecule has 0 fully saturated rings. The molecule has 1 aromatic carbocycles. The number of rotatable bonds is 6. The van der Waals surface area contributed by atoms with Gasteiger partial charge in [0.15, 0.2) is 4.34 Å². The van der Waals surface area contributed by atoms with Crippen LogP contribution in [0.1, 0.15) is 21.8 Å². The molecule has 2 aromatic heterocycles. The van der Waals surface area contributed by atoms with Crippen LogP contribution >= 0.6 is 23.1 Å². The minimum atomic E-state index is -0.639. The minimum absolute atomic E-state index is 0.148. The van der Waals surface area contributed by atoms with Crippen molar-refractivity contribution in [2.75, 3.05) is 7.11 Å². The summed E-state index contributed by atoms with van der Waals surface area (Å²) in [6, 6.07) is 7.72. The van der Waals surface area contributed by atoms with Gasteiger partial charge in [-0.3, -0.25) is 4.79 Å². The fraction of sp³-hybridized carbons (Fsp3) is 0.167. The number of aryl methyl sites for hydroxylation is 1. The van der Waals surface area contributed by atoms with E-state index in [4.69, 9.17) is 13.9 Å². The molecule has 8 heteroatoms. The second-order valence-corrected chi connectivity index (χ2v) is 7.32. The van der Waals surface area contributed by atoms with Crippen LogP contribution in [0.25, 0.3) is 0 Å². The molecule has 0 aliphatic rings. The number of thioether (sulfide) groups is 1. The van der Waals surface area contributed by atoms with E-state index in [2.05, 4.69) is 4.98 Å². The Kier molecular flexibility index (Phi) is 5.75. The highest BCUT2D eigenvalue weighted by atomic mass is 32.2. The molecule has 0 saturated carbocycles. The number of hydrogen-bond donors (Lipinski definition) is 0. The standard InChI is InChI=1S/C18H15NO5S2/c1-11-9-25-18(19-11)26-10-14-7-15(20)16(8-23-14)24-17(21)12-3-5-13(22-2)6-4-12/h3-9H,10H2,1-2H3. The van der Waals surface area contributed by atoms with Gasteiger partial charge in [0, 0.05) is 17.1 Å². The van der Waals surface area contributed by atoms with Gasteiger partial charge in [-0.2, -0.15) is 0 Å². The number of benzene rings is 1. The van der Waals surface area contributed by atoms with Crippen molar-refractivity contribution < 1.29 is 18.7 Å². The largest absolute Gasteiger partial charge is 0.497 e. The molecule has 0 spiro atoms. The van der Waals surface area contributed by atoms with Crippen LogP contribution in [-0.2, 0) is 5.75 Å². The molecule has 26 heavy (non-hydrogen) atoms. The van der Waals surface area contributed by atoms with Gasteiger partial charge in [0.25, 0.3) is 0 Å². The van der Waals surface area contributed by atoms with Crippen molar-refractivity contribution in [3.8, 4) is 11.5 Å². The molecule has 0 bridgehead atoms. The molecule has 6 nitrogen and oxygen atoms in total. The second-order valence-electron chi connectivity index (χ2n) is 5.24. The van der Waals surface area contributed by atoms with Crippen molar-refractivity contribution in [2.45, 2.75) is 17.0 Å². The minimum Gasteiger partial charge on any atom is -0.497 e. The Hall–Kier alpha value is -2.58. The summed E-state index contributed by atoms with van der Waals surface area (Å²) in [6.07, 6.45) is 1.16. The highest BCUT2D eigenvalue weighted by molar-refractivity contribution is 8.00. The molecule has 0 aliphatic heterocycles. The third-order valence-corrected chi connectivity index (χ3v) is 5.48. The van der Waals surface area contributed by atoms with E-state index in [0.29, 0.717) is 22.8 Å². The van der Waals surface area contributed by atoms with Gasteiger partial charge < -0.3 is 13.9 Å². The van der Waals surface area contributed by atoms with Crippen molar-refractivity contribution in [3.63, 3.8) is 0 Å². The topological polar surface area (TPSA) is 78.6 Å². The van der Waals surface area contributed by atoms with E-state index in [1.165, 1.54) is 36.3 Å². The lowest BCUT2D eigenvalue weighted by atomic mass is 10.2. The number of carbonyl (C=O) groups is 1. The SMILES string of the molecule is COc1ccc(C(=O)Oc2coc(CSc3nc(C)cs3)cc2=O)cc1. The normalized spacial score (nSPS) is 10.5. The lowest BCUT2D eigenvalue weighted by molar-refractivity contribution is 0.0729. The Morgan fingerprint density at radius 3 is 2.69 bits per heavy atom. The van der Waals surface area contributed by atoms with Gasteiger partial charge in [-0.15, -0.1) is 11.3 Å². The van der Waals surface area contributed by atoms with Crippen LogP contribution in [0, 0.1) is 6.92 Å². The van der Waals surface area contributed by atoms with E-state index < -0.39 is 11.4 Å². The molecule has 134 valence electrons. The van der Waals surface area contributed by atoms with Crippen molar-refractivity contribution in [1.82, 2.24) is 4.98 Å². The van der Waals surface area contributed by atoms with Gasteiger partial charge in [0.05, 0.1) is 18.4 Å². The van der Waals surface area contributed by atoms with E-state index in [1.807, 2.05) is 12.3 Å². The smallest absolute Gasteiger partial charge is 0.343 e. The van der Waals surface area contributed by atoms with E-state index in [0.717, 1.165) is 16.3 Å². The van der Waals surface area contributed by atoms with Crippen molar-refractivity contribution >= 4 is 29.1 Å². The Labute approximate surface area is 157 Å². The first-order valence-corrected chi connectivity index (χ1v) is 9.44. The highest BCUT2D eigenvalue weighted by Crippen LogP contribution is 2.26. The van der Waals surface area contributed by atoms with E-state index in [1.54, 1.807) is 24.3 Å². The van der Waals surface area contributed by atoms with E-state index >= 15 is 0 Å². The zero-order valence-corrected chi connectivity index (χ0v) is 15.7. The maximum atomic E-state index is 12.1. The molecule has 0 N–H and O–H groups in total. The predicted octanol–water partition coefficient (Wildman–Crippen LogP) is 3.92. The number of thiazole rings is 1. The van der Waals surface area contributed by atoms with E-state index in [-0.39, 0.29) is 5.75 Å². The fourth-order valence-corrected chi connectivity index (χ4v) is 3.75. The molecule has 0 unspecified atom stereocenters. The molecule has 0 aliphatic carbocycles. The fourth-order valence-electron chi connectivity index (χ4n) is 2.01. The molecule has 0 radical (unpaired) electrons. The van der Waals surface area contributed by atoms with Crippen LogP contribution in [0.2, 0.25) is 0 Å². The number of carbonyl (C=O) groups excluding carboxylic acids is 1. The van der Waals surface area contributed by atoms with Gasteiger partial charge in [-0.25, -0.2) is 9.78 Å². The average molecular weight is 389 g/mol. The molecular formula is C18H15NO5S2. The molecule has 0 atom stereocenters. The number of hydrogen-bond acceptors (Lipinski definition) is 8. The summed E-state index contributed by atoms with van der Waals surface area (Å²) < 4.78 is 16.5. The Morgan fingerprint density at radius 1 is 1.31 bits per heavy atom. The summed E-state index contributed by atoms with van der Waals surface area (Å²) in [6.45, 7) is 1.92. The maximum Gasteiger partial charge on any atom is 0.343 e. The van der Waals surface area contributed by atoms with Gasteiger partial charge in [0.2, 0.25) is 11.2 Å². The van der Waals surface area contributed by atoms with Crippen LogP contribution in [0.3, 0.4) is 0 Å². The number of nitrogens with zero attached hydrogens (tertiary/aromatic N) is 1. The Bertz CT molecular complexity index is 962. The average Bonchev–Trinajstić information content (AvgIpc) is 3.07. The third-order valence-electron chi connectivity index (χ3n) is 3.32. The second kappa shape index (κ2) is 8.20. The van der Waals surface area contributed by atoms with E-state index in [9.17, 15) is 9.59 Å². The number of ether oxygens (including phenoxy) is 2. The van der Waals surface area contributed by atoms with Crippen molar-refractivity contribution in [3.05, 3.63) is 69.2 Å². The number of esters is 1. The monoisotopic (exact) mass is 389 g/mol. The summed E-state index contributed by atoms with van der Waals surface area (Å²) in [5.74, 6) is 0.787. The van der Waals surface area contributed by atoms with Gasteiger partial charge in [-0.05, 0) is 31.2 Å². The summed E-state index contributed by atoms with van der Waals surface area (Å²) in [5, 5.41) is 1.96. The van der Waals surface area contributed by atoms with Crippen LogP contribution < -0.4 is 14.9 Å². The van der Waals surface area contributed by atoms with Gasteiger partial charge in [-0.1, -0.05) is 11.8 Å². The first-order valence-electron chi connectivity index (χ1n) is 7.58. The summed E-state index contributed by atoms with van der Waals surface area (Å²) in [7, 11) is 1.54. The van der Waals surface area contributed by atoms with Crippen LogP contribution in [0.4, 0.5) is 0 Å². The lowest BCUT2D eigenvalue weighted by Crippen LogP contribution is -2.14. The highest BCUT2D eigenvalue weighted by Gasteiger charge is 2.13. The van der Waals surface area contributed by atoms with Crippen LogP contribution in [0.5, 0.6) is 11.5 Å². The maximum absolute atomic E-state index is 12.1. The first-order chi connectivity index (χ1) is 12.5. The first kappa shape index (κ1) is 18.2. The van der Waals surface area contributed by atoms with Crippen LogP contribution in [0.15, 0.2) is 55.5 Å². The zero-order valence-electron chi connectivity index (χ0n) is 14.1. The Balaban J connectivity index is 1.65. The molecular weight excluding hydrogens is 374 g/mol. The number of aromatic nitrogens is 1. The Morgan fingerprint density at radius 2 is 2.08 bits per heavy atom. The van der Waals surface area contributed by atoms with Gasteiger partial charge >= 0.3 is 5.97 Å². The lowest BCUT2D eigenvalue weighted by Gasteiger charge is -2.05. The summed E-state index contributed by atoms with van der Waals surface area (Å²) in [5.41, 5.74) is 0.854. The number of methoxy groups -OCH3 is 1. The molecule has 2 heterocycles. The zero-order chi connectivity index (χ0) is 18.5. The van der Waals surface area contributed by atoms with Crippen LogP contribution in [-0.4, -0.2) is 18.1 Å². The molecule has 0 amide bonds. The molecule has 0 saturated heterocycles. The summed E-state index contributed by atoms with van der Waals surface area (Å²) >= 11 is 3.02. The predicted molar refractivity (Wildman–Crippen MR) is 99.3 cm³/mol. The van der Waals surface area contributed by atoms with Gasteiger partial charge in [0.1, 0.15) is 17.8 Å². The summed E-state index contributed by atoms with van der Waals surface area (Å²) in [4.78, 5) is 28.6. The quantitative estimate of drug-likeness (QED) is 0.467. The third kappa shape index (κ3) is 4.53. The molecule has 3 aromatic rings. The van der Waals surface area contributed by atoms with Crippen molar-refractivity contribution in [2.24, 2.45) is 0 Å². The molecule has 3 rings (SSSR count). The van der Waals surface area contributed by atoms with Crippen molar-refractivity contribution in [1.29, 1.82) is 0 Å².